The lowest BCUT2D eigenvalue weighted by Gasteiger charge is -2.29. The minimum absolute atomic E-state index is 0. The van der Waals surface area contributed by atoms with Crippen molar-refractivity contribution in [3.8, 4) is 5.75 Å². The third-order valence-electron chi connectivity index (χ3n) is 4.28. The molecular formula is C19H22Cl2N2O2. The van der Waals surface area contributed by atoms with Gasteiger partial charge < -0.3 is 15.0 Å². The molecular weight excluding hydrogens is 359 g/mol. The highest BCUT2D eigenvalue weighted by Gasteiger charge is 2.26. The maximum absolute atomic E-state index is 12.6. The lowest BCUT2D eigenvalue weighted by Crippen LogP contribution is -2.49. The van der Waals surface area contributed by atoms with Crippen molar-refractivity contribution in [2.24, 2.45) is 0 Å². The van der Waals surface area contributed by atoms with Crippen molar-refractivity contribution >= 4 is 29.9 Å². The summed E-state index contributed by atoms with van der Waals surface area (Å²) >= 11 is 6.06. The minimum atomic E-state index is -0.176. The molecule has 1 aliphatic rings. The summed E-state index contributed by atoms with van der Waals surface area (Å²) in [6.07, 6.45) is 0.727. The van der Waals surface area contributed by atoms with Gasteiger partial charge in [0.15, 0.2) is 0 Å². The molecule has 1 N–H and O–H groups in total. The van der Waals surface area contributed by atoms with Crippen molar-refractivity contribution in [3.05, 3.63) is 64.7 Å². The third-order valence-corrected chi connectivity index (χ3v) is 4.59. The van der Waals surface area contributed by atoms with Crippen LogP contribution in [0.25, 0.3) is 0 Å². The predicted octanol–water partition coefficient (Wildman–Crippen LogP) is 3.31. The first kappa shape index (κ1) is 19.6. The van der Waals surface area contributed by atoms with Gasteiger partial charge in [0.05, 0.1) is 17.6 Å². The maximum atomic E-state index is 12.6. The van der Waals surface area contributed by atoms with E-state index in [0.717, 1.165) is 13.0 Å². The number of carbonyl (C=O) groups excluding carboxylic acids is 1. The summed E-state index contributed by atoms with van der Waals surface area (Å²) in [6.45, 7) is 1.66. The minimum Gasteiger partial charge on any atom is -0.490 e. The highest BCUT2D eigenvalue weighted by molar-refractivity contribution is 6.32. The molecule has 3 rings (SSSR count). The van der Waals surface area contributed by atoms with E-state index in [1.54, 1.807) is 18.0 Å². The molecule has 0 spiro atoms. The topological polar surface area (TPSA) is 41.6 Å². The zero-order chi connectivity index (χ0) is 16.9. The molecule has 0 radical (unpaired) electrons. The van der Waals surface area contributed by atoms with Crippen LogP contribution < -0.4 is 10.1 Å². The van der Waals surface area contributed by atoms with Gasteiger partial charge in [-0.05, 0) is 29.7 Å². The molecule has 0 fully saturated rings. The van der Waals surface area contributed by atoms with Crippen molar-refractivity contribution in [2.75, 3.05) is 20.2 Å². The lowest BCUT2D eigenvalue weighted by molar-refractivity contribution is -0.132. The van der Waals surface area contributed by atoms with Crippen molar-refractivity contribution in [2.45, 2.75) is 19.0 Å². The van der Waals surface area contributed by atoms with E-state index in [4.69, 9.17) is 16.3 Å². The van der Waals surface area contributed by atoms with Crippen molar-refractivity contribution in [3.63, 3.8) is 0 Å². The average molecular weight is 381 g/mol. The molecule has 1 amide bonds. The van der Waals surface area contributed by atoms with Crippen LogP contribution >= 0.6 is 24.0 Å². The van der Waals surface area contributed by atoms with Gasteiger partial charge in [0, 0.05) is 13.6 Å². The first-order valence-electron chi connectivity index (χ1n) is 8.07. The van der Waals surface area contributed by atoms with Crippen molar-refractivity contribution < 1.29 is 9.53 Å². The predicted molar refractivity (Wildman–Crippen MR) is 103 cm³/mol. The second-order valence-electron chi connectivity index (χ2n) is 5.94. The molecule has 0 saturated carbocycles. The van der Waals surface area contributed by atoms with Crippen LogP contribution in [-0.2, 0) is 17.8 Å². The van der Waals surface area contributed by atoms with E-state index in [-0.39, 0.29) is 24.4 Å². The Morgan fingerprint density at radius 3 is 2.64 bits per heavy atom. The van der Waals surface area contributed by atoms with E-state index < -0.39 is 0 Å². The zero-order valence-electron chi connectivity index (χ0n) is 14.1. The second kappa shape index (κ2) is 9.09. The number of rotatable bonds is 5. The number of carbonyl (C=O) groups is 1. The van der Waals surface area contributed by atoms with Crippen molar-refractivity contribution in [1.82, 2.24) is 10.2 Å². The summed E-state index contributed by atoms with van der Waals surface area (Å²) in [5.74, 6) is 0.733. The number of hydrogen-bond donors (Lipinski definition) is 1. The zero-order valence-corrected chi connectivity index (χ0v) is 15.6. The summed E-state index contributed by atoms with van der Waals surface area (Å²) in [5.41, 5.74) is 2.52. The van der Waals surface area contributed by atoms with Gasteiger partial charge in [-0.25, -0.2) is 0 Å². The van der Waals surface area contributed by atoms with Crippen LogP contribution in [0.15, 0.2) is 48.5 Å². The average Bonchev–Trinajstić information content (AvgIpc) is 2.62. The Morgan fingerprint density at radius 1 is 1.20 bits per heavy atom. The summed E-state index contributed by atoms with van der Waals surface area (Å²) < 4.78 is 5.65. The molecule has 134 valence electrons. The molecule has 2 aromatic rings. The Balaban J connectivity index is 0.00000225. The number of para-hydroxylation sites is 1. The molecule has 4 nitrogen and oxygen atoms in total. The van der Waals surface area contributed by atoms with Crippen LogP contribution in [-0.4, -0.2) is 37.0 Å². The van der Waals surface area contributed by atoms with Crippen LogP contribution in [0.3, 0.4) is 0 Å². The summed E-state index contributed by atoms with van der Waals surface area (Å²) in [4.78, 5) is 14.3. The van der Waals surface area contributed by atoms with Crippen LogP contribution in [0.1, 0.15) is 11.1 Å². The number of fused-ring (bicyclic) bond motifs is 1. The highest BCUT2D eigenvalue weighted by atomic mass is 35.5. The van der Waals surface area contributed by atoms with E-state index in [0.29, 0.717) is 23.9 Å². The molecule has 0 aromatic heterocycles. The fraction of sp³-hybridized carbons (Fsp3) is 0.316. The van der Waals surface area contributed by atoms with Crippen LogP contribution in [0.4, 0.5) is 0 Å². The van der Waals surface area contributed by atoms with E-state index in [2.05, 4.69) is 17.4 Å². The normalized spacial score (nSPS) is 15.7. The fourth-order valence-corrected chi connectivity index (χ4v) is 3.05. The quantitative estimate of drug-likeness (QED) is 0.864. The first-order chi connectivity index (χ1) is 11.6. The van der Waals surface area contributed by atoms with E-state index >= 15 is 0 Å². The Labute approximate surface area is 159 Å². The molecule has 1 aliphatic heterocycles. The molecule has 6 heteroatoms. The number of ether oxygens (including phenoxy) is 1. The molecule has 1 atom stereocenters. The largest absolute Gasteiger partial charge is 0.490 e. The summed E-state index contributed by atoms with van der Waals surface area (Å²) in [7, 11) is 1.81. The maximum Gasteiger partial charge on any atom is 0.239 e. The Bertz CT molecular complexity index is 724. The molecule has 0 bridgehead atoms. The molecule has 1 heterocycles. The SMILES string of the molecule is CN(CCOc1ccccc1Cl)C(=O)C1Cc2ccccc2CN1.Cl. The van der Waals surface area contributed by atoms with E-state index in [9.17, 15) is 4.79 Å². The van der Waals surface area contributed by atoms with Crippen molar-refractivity contribution in [1.29, 1.82) is 0 Å². The van der Waals surface area contributed by atoms with Gasteiger partial charge in [-0.15, -0.1) is 12.4 Å². The molecule has 2 aromatic carbocycles. The third kappa shape index (κ3) is 4.88. The van der Waals surface area contributed by atoms with Gasteiger partial charge in [0.2, 0.25) is 5.91 Å². The van der Waals surface area contributed by atoms with E-state index in [1.807, 2.05) is 30.3 Å². The molecule has 0 aliphatic carbocycles. The van der Waals surface area contributed by atoms with Gasteiger partial charge in [0.1, 0.15) is 12.4 Å². The lowest BCUT2D eigenvalue weighted by atomic mass is 9.95. The van der Waals surface area contributed by atoms with Gasteiger partial charge in [0.25, 0.3) is 0 Å². The Kier molecular flexibility index (Phi) is 7.12. The van der Waals surface area contributed by atoms with Crippen LogP contribution in [0.5, 0.6) is 5.75 Å². The van der Waals surface area contributed by atoms with Gasteiger partial charge in [-0.1, -0.05) is 48.0 Å². The summed E-state index contributed by atoms with van der Waals surface area (Å²) in [6, 6.07) is 15.4. The van der Waals surface area contributed by atoms with Gasteiger partial charge >= 0.3 is 0 Å². The number of halogens is 2. The summed E-state index contributed by atoms with van der Waals surface area (Å²) in [5, 5.41) is 3.90. The monoisotopic (exact) mass is 380 g/mol. The number of nitrogens with zero attached hydrogens (tertiary/aromatic N) is 1. The van der Waals surface area contributed by atoms with E-state index in [1.165, 1.54) is 11.1 Å². The molecule has 1 unspecified atom stereocenters. The molecule has 25 heavy (non-hydrogen) atoms. The van der Waals surface area contributed by atoms with Gasteiger partial charge in [-0.3, -0.25) is 4.79 Å². The number of hydrogen-bond acceptors (Lipinski definition) is 3. The number of likely N-dealkylation sites (N-methyl/N-ethyl adjacent to an activating group) is 1. The molecule has 0 saturated heterocycles. The smallest absolute Gasteiger partial charge is 0.239 e. The standard InChI is InChI=1S/C19H21ClN2O2.ClH/c1-22(10-11-24-18-9-5-4-8-16(18)20)19(23)17-12-14-6-2-3-7-15(14)13-21-17;/h2-9,17,21H,10-13H2,1H3;1H. The first-order valence-corrected chi connectivity index (χ1v) is 8.45. The number of benzene rings is 2. The fourth-order valence-electron chi connectivity index (χ4n) is 2.86. The second-order valence-corrected chi connectivity index (χ2v) is 6.35. The Hall–Kier alpha value is -1.75. The number of nitrogens with one attached hydrogen (secondary N) is 1. The Morgan fingerprint density at radius 2 is 1.88 bits per heavy atom. The van der Waals surface area contributed by atoms with Crippen LogP contribution in [0.2, 0.25) is 5.02 Å². The highest BCUT2D eigenvalue weighted by Crippen LogP contribution is 2.23. The van der Waals surface area contributed by atoms with Crippen LogP contribution in [0, 0.1) is 0 Å². The number of amides is 1. The van der Waals surface area contributed by atoms with Gasteiger partial charge in [-0.2, -0.15) is 0 Å².